The van der Waals surface area contributed by atoms with Crippen molar-refractivity contribution in [3.63, 3.8) is 0 Å². The molecule has 280 valence electrons. The number of ether oxygens (including phenoxy) is 1. The van der Waals surface area contributed by atoms with Gasteiger partial charge in [-0.05, 0) is 119 Å². The summed E-state index contributed by atoms with van der Waals surface area (Å²) in [5, 5.41) is 5.35. The smallest absolute Gasteiger partial charge is 0.503 e. The van der Waals surface area contributed by atoms with Crippen molar-refractivity contribution in [2.24, 2.45) is 0 Å². The van der Waals surface area contributed by atoms with Gasteiger partial charge in [-0.15, -0.1) is 29.7 Å². The van der Waals surface area contributed by atoms with Crippen LogP contribution in [0.25, 0.3) is 88.2 Å². The minimum atomic E-state index is 0. The van der Waals surface area contributed by atoms with E-state index in [4.69, 9.17) is 14.7 Å². The molecule has 0 unspecified atom stereocenters. The van der Waals surface area contributed by atoms with Crippen LogP contribution in [-0.2, 0) is 20.4 Å². The zero-order valence-corrected chi connectivity index (χ0v) is 33.9. The Morgan fingerprint density at radius 2 is 1.17 bits per heavy atom. The SMILES string of the molecule is Cc1cccc(C)c1-c1ccc2c(c1-c1c(C)cccc1C)c1ccc(Oc3[c-]c4c(cc3)c3ccccc3n4-c3ccccn3)[c-]c1c1nc3ccccc3n21.[Pd+2]. The average Bonchev–Trinajstić information content (AvgIpc) is 3.78. The number of nitrogens with zero attached hydrogens (tertiary/aromatic N) is 4. The fourth-order valence-electron chi connectivity index (χ4n) is 9.10. The number of fused-ring (bicyclic) bond motifs is 11. The van der Waals surface area contributed by atoms with Gasteiger partial charge in [-0.2, -0.15) is 6.07 Å². The molecule has 58 heavy (non-hydrogen) atoms. The van der Waals surface area contributed by atoms with Crippen LogP contribution in [0.5, 0.6) is 11.5 Å². The second-order valence-corrected chi connectivity index (χ2v) is 15.0. The molecule has 0 radical (unpaired) electrons. The van der Waals surface area contributed by atoms with Crippen molar-refractivity contribution in [2.75, 3.05) is 0 Å². The predicted octanol–water partition coefficient (Wildman–Crippen LogP) is 13.2. The van der Waals surface area contributed by atoms with Gasteiger partial charge in [0, 0.05) is 28.7 Å². The summed E-state index contributed by atoms with van der Waals surface area (Å²) >= 11 is 0. The summed E-state index contributed by atoms with van der Waals surface area (Å²) in [4.78, 5) is 9.96. The monoisotopic (exact) mass is 838 g/mol. The molecule has 11 rings (SSSR count). The minimum Gasteiger partial charge on any atom is -0.503 e. The zero-order chi connectivity index (χ0) is 38.4. The van der Waals surface area contributed by atoms with Gasteiger partial charge in [0.05, 0.1) is 16.7 Å². The van der Waals surface area contributed by atoms with Gasteiger partial charge in [0.25, 0.3) is 0 Å². The van der Waals surface area contributed by atoms with Crippen LogP contribution < -0.4 is 4.74 Å². The van der Waals surface area contributed by atoms with Crippen molar-refractivity contribution < 1.29 is 25.2 Å². The number of benzene rings is 7. The summed E-state index contributed by atoms with van der Waals surface area (Å²) in [5.74, 6) is 2.01. The molecular formula is C52H36N4OPd. The summed E-state index contributed by atoms with van der Waals surface area (Å²) < 4.78 is 11.2. The topological polar surface area (TPSA) is 44.3 Å². The van der Waals surface area contributed by atoms with Crippen molar-refractivity contribution in [3.8, 4) is 39.6 Å². The number of aryl methyl sites for hydroxylation is 4. The second kappa shape index (κ2) is 13.8. The molecular weight excluding hydrogens is 803 g/mol. The van der Waals surface area contributed by atoms with Crippen LogP contribution in [0.2, 0.25) is 0 Å². The first-order valence-corrected chi connectivity index (χ1v) is 19.3. The Morgan fingerprint density at radius 1 is 0.517 bits per heavy atom. The normalized spacial score (nSPS) is 11.7. The van der Waals surface area contributed by atoms with Crippen molar-refractivity contribution in [1.82, 2.24) is 18.9 Å². The van der Waals surface area contributed by atoms with Crippen LogP contribution in [0.3, 0.4) is 0 Å². The number of rotatable bonds is 5. The maximum Gasteiger partial charge on any atom is 2.00 e. The Bertz CT molecular complexity index is 3390. The summed E-state index contributed by atoms with van der Waals surface area (Å²) in [6.45, 7) is 8.88. The Labute approximate surface area is 349 Å². The summed E-state index contributed by atoms with van der Waals surface area (Å²) in [7, 11) is 0. The molecule has 0 spiro atoms. The molecule has 0 N–H and O–H groups in total. The molecule has 5 nitrogen and oxygen atoms in total. The van der Waals surface area contributed by atoms with E-state index in [1.54, 1.807) is 0 Å². The Balaban J connectivity index is 0.00000408. The van der Waals surface area contributed by atoms with E-state index in [9.17, 15) is 0 Å². The molecule has 11 aromatic rings. The Morgan fingerprint density at radius 3 is 1.91 bits per heavy atom. The standard InChI is InChI=1S/C52H36N4O.Pd/c1-31-13-11-14-32(2)48(31)40-26-27-45-50(51(40)49-33(3)15-12-16-34(49)4)39-25-23-35(29-41(39)52-54-42-18-6-8-20-44(42)56(45)52)57-36-22-24-38-37-17-5-7-19-43(37)55(46(38)30-36)47-21-9-10-28-53-47;/h5-28H,1-4H3;/q-2;+2. The summed E-state index contributed by atoms with van der Waals surface area (Å²) in [6.07, 6.45) is 1.82. The van der Waals surface area contributed by atoms with Crippen LogP contribution in [-0.4, -0.2) is 18.9 Å². The predicted molar refractivity (Wildman–Crippen MR) is 234 cm³/mol. The first-order chi connectivity index (χ1) is 27.9. The van der Waals surface area contributed by atoms with Crippen molar-refractivity contribution in [1.29, 1.82) is 0 Å². The van der Waals surface area contributed by atoms with E-state index in [1.807, 2.05) is 36.5 Å². The molecule has 6 heteroatoms. The summed E-state index contributed by atoms with van der Waals surface area (Å²) in [5.41, 5.74) is 15.8. The van der Waals surface area contributed by atoms with Crippen LogP contribution in [0.1, 0.15) is 22.3 Å². The number of para-hydroxylation sites is 3. The number of hydrogen-bond donors (Lipinski definition) is 0. The molecule has 4 heterocycles. The maximum atomic E-state index is 6.71. The van der Waals surface area contributed by atoms with Crippen molar-refractivity contribution in [2.45, 2.75) is 27.7 Å². The first kappa shape index (κ1) is 35.8. The van der Waals surface area contributed by atoms with Crippen LogP contribution >= 0.6 is 0 Å². The molecule has 0 aliphatic rings. The third kappa shape index (κ3) is 5.41. The van der Waals surface area contributed by atoms with Crippen molar-refractivity contribution in [3.05, 3.63) is 180 Å². The van der Waals surface area contributed by atoms with Gasteiger partial charge in [-0.25, -0.2) is 4.98 Å². The van der Waals surface area contributed by atoms with Gasteiger partial charge >= 0.3 is 20.4 Å². The third-order valence-electron chi connectivity index (χ3n) is 11.5. The molecule has 0 saturated carbocycles. The minimum absolute atomic E-state index is 0. The van der Waals surface area contributed by atoms with E-state index in [0.717, 1.165) is 66.0 Å². The molecule has 7 aromatic carbocycles. The van der Waals surface area contributed by atoms with Gasteiger partial charge in [-0.1, -0.05) is 101 Å². The van der Waals surface area contributed by atoms with Crippen LogP contribution in [0.15, 0.2) is 146 Å². The van der Waals surface area contributed by atoms with E-state index in [1.165, 1.54) is 44.5 Å². The molecule has 0 amide bonds. The molecule has 0 aliphatic heterocycles. The number of imidazole rings is 1. The van der Waals surface area contributed by atoms with Gasteiger partial charge in [0.15, 0.2) is 0 Å². The fourth-order valence-corrected chi connectivity index (χ4v) is 9.10. The zero-order valence-electron chi connectivity index (χ0n) is 32.4. The number of aromatic nitrogens is 4. The third-order valence-corrected chi connectivity index (χ3v) is 11.5. The van der Waals surface area contributed by atoms with E-state index in [-0.39, 0.29) is 20.4 Å². The Kier molecular flexibility index (Phi) is 8.53. The average molecular weight is 839 g/mol. The second-order valence-electron chi connectivity index (χ2n) is 15.0. The van der Waals surface area contributed by atoms with Gasteiger partial charge < -0.3 is 13.7 Å². The van der Waals surface area contributed by atoms with E-state index in [0.29, 0.717) is 11.5 Å². The largest absolute Gasteiger partial charge is 2.00 e. The van der Waals surface area contributed by atoms with Gasteiger partial charge in [0.1, 0.15) is 5.82 Å². The Hall–Kier alpha value is -6.58. The fraction of sp³-hybridized carbons (Fsp3) is 0.0769. The molecule has 4 aromatic heterocycles. The molecule has 0 saturated heterocycles. The van der Waals surface area contributed by atoms with Crippen molar-refractivity contribution >= 4 is 60.2 Å². The summed E-state index contributed by atoms with van der Waals surface area (Å²) in [6, 6.07) is 56.2. The van der Waals surface area contributed by atoms with Crippen LogP contribution in [0.4, 0.5) is 0 Å². The molecule has 0 atom stereocenters. The van der Waals surface area contributed by atoms with E-state index < -0.39 is 0 Å². The van der Waals surface area contributed by atoms with Gasteiger partial charge in [0.2, 0.25) is 0 Å². The maximum absolute atomic E-state index is 6.71. The quantitative estimate of drug-likeness (QED) is 0.0985. The molecule has 0 bridgehead atoms. The van der Waals surface area contributed by atoms with Gasteiger partial charge in [-0.3, -0.25) is 4.98 Å². The van der Waals surface area contributed by atoms with E-state index >= 15 is 0 Å². The number of hydrogen-bond acceptors (Lipinski definition) is 3. The first-order valence-electron chi connectivity index (χ1n) is 19.3. The van der Waals surface area contributed by atoms with Crippen LogP contribution in [0, 0.1) is 39.8 Å². The molecule has 0 aliphatic carbocycles. The van der Waals surface area contributed by atoms with E-state index in [2.05, 4.69) is 158 Å². The number of pyridine rings is 2. The molecule has 0 fully saturated rings.